The number of carbonyl (C=O) groups is 1. The Morgan fingerprint density at radius 2 is 1.71 bits per heavy atom. The molecule has 2 aromatic heterocycles. The maximum absolute atomic E-state index is 12.9. The number of fused-ring (bicyclic) bond motifs is 1. The maximum atomic E-state index is 12.9. The lowest BCUT2D eigenvalue weighted by molar-refractivity contribution is -0.268. The molecule has 0 spiro atoms. The number of nitrogens with one attached hydrogen (secondary N) is 1. The lowest BCUT2D eigenvalue weighted by atomic mass is 9.91. The highest BCUT2D eigenvalue weighted by Crippen LogP contribution is 2.43. The van der Waals surface area contributed by atoms with Gasteiger partial charge in [0, 0.05) is 22.9 Å². The van der Waals surface area contributed by atoms with Gasteiger partial charge in [-0.1, -0.05) is 78.6 Å². The van der Waals surface area contributed by atoms with Crippen LogP contribution in [0.2, 0.25) is 0 Å². The largest absolute Gasteiger partial charge is 0.392 e. The van der Waals surface area contributed by atoms with Gasteiger partial charge >= 0.3 is 0 Å². The molecule has 0 bridgehead atoms. The van der Waals surface area contributed by atoms with Crippen molar-refractivity contribution in [3.8, 4) is 0 Å². The van der Waals surface area contributed by atoms with Crippen molar-refractivity contribution in [3.05, 3.63) is 106 Å². The first-order chi connectivity index (χ1) is 20.5. The van der Waals surface area contributed by atoms with Crippen LogP contribution in [0.5, 0.6) is 0 Å². The number of hydrogen-bond acceptors (Lipinski definition) is 10. The van der Waals surface area contributed by atoms with Crippen LogP contribution in [-0.4, -0.2) is 43.0 Å². The topological polar surface area (TPSA) is 119 Å². The van der Waals surface area contributed by atoms with E-state index in [9.17, 15) is 9.90 Å². The van der Waals surface area contributed by atoms with Gasteiger partial charge in [-0.25, -0.2) is 4.98 Å². The summed E-state index contributed by atoms with van der Waals surface area (Å²) in [6.07, 6.45) is 0.530. The number of rotatable bonds is 8. The highest BCUT2D eigenvalue weighted by Gasteiger charge is 2.38. The molecule has 4 atom stereocenters. The van der Waals surface area contributed by atoms with Crippen LogP contribution in [0.15, 0.2) is 83.3 Å². The Bertz CT molecular complexity index is 1680. The standard InChI is InChI=1S/C31H29N5O4S2/c1-18-27(17-41-31-36-35-19(2)42-31)39-30(40-28(18)21-9-7-20(16-37)8-10-21)22-11-13-23(14-12-22)33-29(38)26-15-32-24-5-3-4-6-25(24)34-26/h3-15,18,27-28,30,37H,16-17H2,1-2H3,(H,33,38)/t18-,27+,28+,30+/m0/s1. The molecule has 0 unspecified atom stereocenters. The number of aliphatic hydroxyl groups excluding tert-OH is 1. The van der Waals surface area contributed by atoms with E-state index in [0.717, 1.165) is 31.6 Å². The number of amides is 1. The van der Waals surface area contributed by atoms with Crippen LogP contribution in [0.3, 0.4) is 0 Å². The fourth-order valence-electron chi connectivity index (χ4n) is 4.79. The molecule has 1 amide bonds. The van der Waals surface area contributed by atoms with Gasteiger partial charge in [0.1, 0.15) is 10.7 Å². The molecular formula is C31H29N5O4S2. The summed E-state index contributed by atoms with van der Waals surface area (Å²) in [6.45, 7) is 4.06. The minimum Gasteiger partial charge on any atom is -0.392 e. The molecular weight excluding hydrogens is 571 g/mol. The minimum absolute atomic E-state index is 0.00997. The van der Waals surface area contributed by atoms with E-state index in [1.807, 2.05) is 79.7 Å². The molecule has 5 aromatic rings. The fraction of sp³-hybridized carbons (Fsp3) is 0.258. The van der Waals surface area contributed by atoms with Crippen LogP contribution >= 0.6 is 23.1 Å². The van der Waals surface area contributed by atoms with Gasteiger partial charge in [0.05, 0.1) is 36.0 Å². The molecule has 6 rings (SSSR count). The number of aromatic nitrogens is 4. The third-order valence-corrected chi connectivity index (χ3v) is 9.18. The van der Waals surface area contributed by atoms with E-state index in [1.54, 1.807) is 23.1 Å². The van der Waals surface area contributed by atoms with Gasteiger partial charge in [0.25, 0.3) is 5.91 Å². The lowest BCUT2D eigenvalue weighted by Crippen LogP contribution is -2.38. The number of aryl methyl sites for hydroxylation is 1. The summed E-state index contributed by atoms with van der Waals surface area (Å²) in [7, 11) is 0. The highest BCUT2D eigenvalue weighted by molar-refractivity contribution is 8.01. The van der Waals surface area contributed by atoms with Crippen LogP contribution in [-0.2, 0) is 16.1 Å². The summed E-state index contributed by atoms with van der Waals surface area (Å²) >= 11 is 3.20. The second-order valence-electron chi connectivity index (χ2n) is 10.0. The molecule has 0 aliphatic carbocycles. The summed E-state index contributed by atoms with van der Waals surface area (Å²) in [6, 6.07) is 22.7. The van der Waals surface area contributed by atoms with Crippen LogP contribution in [0.4, 0.5) is 5.69 Å². The second kappa shape index (κ2) is 12.6. The number of aliphatic hydroxyl groups is 1. The summed E-state index contributed by atoms with van der Waals surface area (Å²) in [5, 5.41) is 21.7. The first-order valence-corrected chi connectivity index (χ1v) is 15.3. The molecule has 214 valence electrons. The third kappa shape index (κ3) is 6.35. The zero-order chi connectivity index (χ0) is 29.1. The Kier molecular flexibility index (Phi) is 8.54. The Morgan fingerprint density at radius 1 is 0.976 bits per heavy atom. The van der Waals surface area contributed by atoms with Gasteiger partial charge < -0.3 is 19.9 Å². The number of carbonyl (C=O) groups excluding carboxylic acids is 1. The molecule has 9 nitrogen and oxygen atoms in total. The fourth-order valence-corrected chi connectivity index (χ4v) is 6.79. The Labute approximate surface area is 251 Å². The molecule has 3 aromatic carbocycles. The van der Waals surface area contributed by atoms with Crippen LogP contribution in [0.1, 0.15) is 51.5 Å². The molecule has 0 saturated carbocycles. The van der Waals surface area contributed by atoms with E-state index in [4.69, 9.17) is 9.47 Å². The van der Waals surface area contributed by atoms with E-state index in [2.05, 4.69) is 32.4 Å². The first kappa shape index (κ1) is 28.4. The van der Waals surface area contributed by atoms with Gasteiger partial charge in [0.2, 0.25) is 0 Å². The molecule has 11 heteroatoms. The van der Waals surface area contributed by atoms with E-state index in [1.165, 1.54) is 6.20 Å². The first-order valence-electron chi connectivity index (χ1n) is 13.5. The molecule has 1 aliphatic rings. The zero-order valence-corrected chi connectivity index (χ0v) is 24.6. The van der Waals surface area contributed by atoms with Crippen LogP contribution in [0.25, 0.3) is 11.0 Å². The minimum atomic E-state index is -0.610. The monoisotopic (exact) mass is 599 g/mol. The van der Waals surface area contributed by atoms with Crippen molar-refractivity contribution in [2.45, 2.75) is 43.3 Å². The predicted octanol–water partition coefficient (Wildman–Crippen LogP) is 6.12. The van der Waals surface area contributed by atoms with Gasteiger partial charge in [-0.3, -0.25) is 9.78 Å². The van der Waals surface area contributed by atoms with Gasteiger partial charge in [-0.05, 0) is 42.3 Å². The number of para-hydroxylation sites is 2. The molecule has 1 aliphatic heterocycles. The molecule has 1 fully saturated rings. The van der Waals surface area contributed by atoms with Gasteiger partial charge in [-0.15, -0.1) is 10.2 Å². The van der Waals surface area contributed by atoms with Gasteiger partial charge in [-0.2, -0.15) is 0 Å². The zero-order valence-electron chi connectivity index (χ0n) is 23.0. The Morgan fingerprint density at radius 3 is 2.43 bits per heavy atom. The predicted molar refractivity (Wildman–Crippen MR) is 162 cm³/mol. The lowest BCUT2D eigenvalue weighted by Gasteiger charge is -2.41. The third-order valence-electron chi connectivity index (χ3n) is 7.12. The van der Waals surface area contributed by atoms with Crippen molar-refractivity contribution in [1.82, 2.24) is 20.2 Å². The van der Waals surface area contributed by atoms with Crippen molar-refractivity contribution in [1.29, 1.82) is 0 Å². The van der Waals surface area contributed by atoms with Crippen molar-refractivity contribution in [3.63, 3.8) is 0 Å². The van der Waals surface area contributed by atoms with E-state index in [0.29, 0.717) is 17.0 Å². The molecule has 1 saturated heterocycles. The Hall–Kier alpha value is -3.74. The number of ether oxygens (including phenoxy) is 2. The molecule has 3 heterocycles. The number of hydrogen-bond donors (Lipinski definition) is 2. The Balaban J connectivity index is 1.19. The van der Waals surface area contributed by atoms with Gasteiger partial charge in [0.15, 0.2) is 10.6 Å². The highest BCUT2D eigenvalue weighted by atomic mass is 32.2. The SMILES string of the molecule is Cc1nnc(SC[C@H]2O[C@@H](c3ccc(NC(=O)c4cnc5ccccc5n4)cc3)O[C@@H](c3ccc(CO)cc3)[C@H]2C)s1. The normalized spacial score (nSPS) is 20.5. The average molecular weight is 600 g/mol. The smallest absolute Gasteiger partial charge is 0.275 e. The number of nitrogens with zero attached hydrogens (tertiary/aromatic N) is 4. The van der Waals surface area contributed by atoms with E-state index < -0.39 is 6.29 Å². The van der Waals surface area contributed by atoms with Crippen molar-refractivity contribution < 1.29 is 19.4 Å². The summed E-state index contributed by atoms with van der Waals surface area (Å²) in [5.74, 6) is 0.418. The molecule has 42 heavy (non-hydrogen) atoms. The van der Waals surface area contributed by atoms with Crippen molar-refractivity contribution >= 4 is 45.7 Å². The average Bonchev–Trinajstić information content (AvgIpc) is 3.45. The van der Waals surface area contributed by atoms with Crippen molar-refractivity contribution in [2.75, 3.05) is 11.1 Å². The van der Waals surface area contributed by atoms with Crippen LogP contribution in [0, 0.1) is 12.8 Å². The second-order valence-corrected chi connectivity index (χ2v) is 12.5. The maximum Gasteiger partial charge on any atom is 0.275 e. The number of anilines is 1. The quantitative estimate of drug-likeness (QED) is 0.203. The molecule has 2 N–H and O–H groups in total. The van der Waals surface area contributed by atoms with E-state index in [-0.39, 0.29) is 36.3 Å². The summed E-state index contributed by atoms with van der Waals surface area (Å²) in [5.41, 5.74) is 4.97. The number of benzene rings is 3. The van der Waals surface area contributed by atoms with E-state index >= 15 is 0 Å². The van der Waals surface area contributed by atoms with Crippen LogP contribution < -0.4 is 5.32 Å². The molecule has 0 radical (unpaired) electrons. The van der Waals surface area contributed by atoms with Crippen molar-refractivity contribution in [2.24, 2.45) is 5.92 Å². The number of thioether (sulfide) groups is 1. The summed E-state index contributed by atoms with van der Waals surface area (Å²) in [4.78, 5) is 21.6. The summed E-state index contributed by atoms with van der Waals surface area (Å²) < 4.78 is 14.0.